The van der Waals surface area contributed by atoms with Crippen LogP contribution in [0.4, 0.5) is 0 Å². The Bertz CT molecular complexity index is 452. The van der Waals surface area contributed by atoms with Crippen molar-refractivity contribution in [3.8, 4) is 0 Å². The van der Waals surface area contributed by atoms with Crippen LogP contribution >= 0.6 is 11.8 Å². The summed E-state index contributed by atoms with van der Waals surface area (Å²) >= 11 is 1.89. The lowest BCUT2D eigenvalue weighted by molar-refractivity contribution is -0.146. The highest BCUT2D eigenvalue weighted by Crippen LogP contribution is 2.39. The summed E-state index contributed by atoms with van der Waals surface area (Å²) in [5.41, 5.74) is 1.87. The summed E-state index contributed by atoms with van der Waals surface area (Å²) in [7, 11) is 0. The minimum Gasteiger partial charge on any atom is -0.481 e. The number of carboxylic acid groups (broad SMARTS) is 1. The third kappa shape index (κ3) is 2.49. The fourth-order valence-electron chi connectivity index (χ4n) is 2.22. The zero-order valence-electron chi connectivity index (χ0n) is 10.5. The lowest BCUT2D eigenvalue weighted by Gasteiger charge is -2.20. The highest BCUT2D eigenvalue weighted by molar-refractivity contribution is 8.00. The molecule has 0 aromatic heterocycles. The van der Waals surface area contributed by atoms with E-state index in [0.29, 0.717) is 11.7 Å². The average molecular weight is 250 g/mol. The van der Waals surface area contributed by atoms with E-state index in [0.717, 1.165) is 6.42 Å². The Hall–Kier alpha value is -0.960. The van der Waals surface area contributed by atoms with Crippen LogP contribution in [0, 0.1) is 5.41 Å². The molecule has 0 bridgehead atoms. The van der Waals surface area contributed by atoms with Crippen molar-refractivity contribution in [2.45, 2.75) is 43.8 Å². The molecule has 1 heterocycles. The summed E-state index contributed by atoms with van der Waals surface area (Å²) in [5, 5.41) is 9.81. The molecule has 1 unspecified atom stereocenters. The number of aliphatic carboxylic acids is 1. The Kier molecular flexibility index (Phi) is 3.21. The number of benzene rings is 1. The van der Waals surface area contributed by atoms with Crippen LogP contribution in [0.15, 0.2) is 23.1 Å². The Morgan fingerprint density at radius 3 is 2.88 bits per heavy atom. The van der Waals surface area contributed by atoms with Gasteiger partial charge < -0.3 is 5.11 Å². The number of hydrogen-bond acceptors (Lipinski definition) is 2. The molecular formula is C14H18O2S. The second-order valence-electron chi connectivity index (χ2n) is 5.39. The summed E-state index contributed by atoms with van der Waals surface area (Å²) in [6.45, 7) is 5.80. The van der Waals surface area contributed by atoms with Gasteiger partial charge in [0.2, 0.25) is 0 Å². The van der Waals surface area contributed by atoms with Crippen LogP contribution in [-0.4, -0.2) is 16.3 Å². The van der Waals surface area contributed by atoms with Crippen molar-refractivity contribution in [3.63, 3.8) is 0 Å². The minimum atomic E-state index is -0.728. The van der Waals surface area contributed by atoms with Gasteiger partial charge in [0.1, 0.15) is 0 Å². The van der Waals surface area contributed by atoms with Gasteiger partial charge in [0.05, 0.1) is 5.41 Å². The van der Waals surface area contributed by atoms with Crippen molar-refractivity contribution in [1.29, 1.82) is 0 Å². The van der Waals surface area contributed by atoms with Gasteiger partial charge in [-0.15, -0.1) is 11.8 Å². The van der Waals surface area contributed by atoms with E-state index in [4.69, 9.17) is 0 Å². The van der Waals surface area contributed by atoms with Crippen LogP contribution < -0.4 is 0 Å². The Labute approximate surface area is 106 Å². The first kappa shape index (κ1) is 12.5. The highest BCUT2D eigenvalue weighted by atomic mass is 32.2. The van der Waals surface area contributed by atoms with Gasteiger partial charge in [0.15, 0.2) is 0 Å². The molecule has 2 nitrogen and oxygen atoms in total. The summed E-state index contributed by atoms with van der Waals surface area (Å²) < 4.78 is 0. The maximum Gasteiger partial charge on any atom is 0.309 e. The van der Waals surface area contributed by atoms with E-state index >= 15 is 0 Å². The van der Waals surface area contributed by atoms with Gasteiger partial charge in [-0.25, -0.2) is 0 Å². The van der Waals surface area contributed by atoms with Crippen molar-refractivity contribution in [3.05, 3.63) is 29.3 Å². The molecule has 0 spiro atoms. The Morgan fingerprint density at radius 2 is 2.24 bits per heavy atom. The predicted octanol–water partition coefficient (Wildman–Crippen LogP) is 3.38. The van der Waals surface area contributed by atoms with Gasteiger partial charge in [-0.1, -0.05) is 19.1 Å². The van der Waals surface area contributed by atoms with Crippen LogP contribution in [0.1, 0.15) is 31.9 Å². The van der Waals surface area contributed by atoms with Crippen molar-refractivity contribution in [1.82, 2.24) is 0 Å². The average Bonchev–Trinajstić information content (AvgIpc) is 2.59. The molecule has 1 aliphatic heterocycles. The van der Waals surface area contributed by atoms with Gasteiger partial charge in [0.25, 0.3) is 0 Å². The standard InChI is InChI=1S/C14H18O2S/c1-9-7-11-10(5-4-6-12(11)17-9)8-14(2,3)13(15)16/h4-6,9H,7-8H2,1-3H3,(H,15,16). The number of fused-ring (bicyclic) bond motifs is 1. The number of rotatable bonds is 3. The van der Waals surface area contributed by atoms with E-state index in [-0.39, 0.29) is 0 Å². The van der Waals surface area contributed by atoms with E-state index in [1.165, 1.54) is 16.0 Å². The zero-order chi connectivity index (χ0) is 12.6. The van der Waals surface area contributed by atoms with Gasteiger partial charge >= 0.3 is 5.97 Å². The molecule has 0 radical (unpaired) electrons. The molecule has 0 aliphatic carbocycles. The largest absolute Gasteiger partial charge is 0.481 e. The molecule has 3 heteroatoms. The molecule has 1 atom stereocenters. The molecule has 0 amide bonds. The smallest absolute Gasteiger partial charge is 0.309 e. The van der Waals surface area contributed by atoms with E-state index in [1.54, 1.807) is 13.8 Å². The first-order valence-corrected chi connectivity index (χ1v) is 6.79. The van der Waals surface area contributed by atoms with Crippen LogP contribution in [-0.2, 0) is 17.6 Å². The van der Waals surface area contributed by atoms with E-state index in [1.807, 2.05) is 17.8 Å². The van der Waals surface area contributed by atoms with Crippen LogP contribution in [0.25, 0.3) is 0 Å². The molecule has 2 rings (SSSR count). The predicted molar refractivity (Wildman–Crippen MR) is 70.6 cm³/mol. The fourth-order valence-corrected chi connectivity index (χ4v) is 3.41. The summed E-state index contributed by atoms with van der Waals surface area (Å²) in [6, 6.07) is 6.25. The number of hydrogen-bond donors (Lipinski definition) is 1. The summed E-state index contributed by atoms with van der Waals surface area (Å²) in [5.74, 6) is -0.728. The maximum atomic E-state index is 11.2. The van der Waals surface area contributed by atoms with Crippen molar-refractivity contribution in [2.24, 2.45) is 5.41 Å². The van der Waals surface area contributed by atoms with Crippen molar-refractivity contribution < 1.29 is 9.90 Å². The molecule has 0 fully saturated rings. The lowest BCUT2D eigenvalue weighted by atomic mass is 9.84. The topological polar surface area (TPSA) is 37.3 Å². The van der Waals surface area contributed by atoms with E-state index in [9.17, 15) is 9.90 Å². The second kappa shape index (κ2) is 4.37. The maximum absolute atomic E-state index is 11.2. The summed E-state index contributed by atoms with van der Waals surface area (Å²) in [6.07, 6.45) is 1.67. The van der Waals surface area contributed by atoms with Crippen molar-refractivity contribution in [2.75, 3.05) is 0 Å². The van der Waals surface area contributed by atoms with Gasteiger partial charge in [-0.3, -0.25) is 4.79 Å². The van der Waals surface area contributed by atoms with E-state index in [2.05, 4.69) is 19.1 Å². The van der Waals surface area contributed by atoms with Gasteiger partial charge in [-0.2, -0.15) is 0 Å². The molecule has 0 saturated carbocycles. The second-order valence-corrected chi connectivity index (χ2v) is 6.87. The molecule has 0 saturated heterocycles. The quantitative estimate of drug-likeness (QED) is 0.893. The monoisotopic (exact) mass is 250 g/mol. The molecular weight excluding hydrogens is 232 g/mol. The zero-order valence-corrected chi connectivity index (χ0v) is 11.3. The highest BCUT2D eigenvalue weighted by Gasteiger charge is 2.30. The molecule has 1 N–H and O–H groups in total. The van der Waals surface area contributed by atoms with Gasteiger partial charge in [-0.05, 0) is 43.9 Å². The minimum absolute atomic E-state index is 0.610. The summed E-state index contributed by atoms with van der Waals surface area (Å²) in [4.78, 5) is 12.5. The molecule has 17 heavy (non-hydrogen) atoms. The third-order valence-electron chi connectivity index (χ3n) is 3.26. The number of carboxylic acids is 1. The van der Waals surface area contributed by atoms with Crippen LogP contribution in [0.2, 0.25) is 0 Å². The molecule has 1 aromatic carbocycles. The number of thioether (sulfide) groups is 1. The molecule has 1 aliphatic rings. The molecule has 92 valence electrons. The lowest BCUT2D eigenvalue weighted by Crippen LogP contribution is -2.26. The van der Waals surface area contributed by atoms with Crippen LogP contribution in [0.5, 0.6) is 0 Å². The van der Waals surface area contributed by atoms with Crippen molar-refractivity contribution >= 4 is 17.7 Å². The van der Waals surface area contributed by atoms with Gasteiger partial charge in [0, 0.05) is 10.1 Å². The normalized spacial score (nSPS) is 19.1. The fraction of sp³-hybridized carbons (Fsp3) is 0.500. The Morgan fingerprint density at radius 1 is 1.53 bits per heavy atom. The molecule has 1 aromatic rings. The first-order chi connectivity index (χ1) is 7.90. The Balaban J connectivity index is 2.30. The number of carbonyl (C=O) groups is 1. The first-order valence-electron chi connectivity index (χ1n) is 5.91. The SMILES string of the molecule is CC1Cc2c(CC(C)(C)C(=O)O)cccc2S1. The third-order valence-corrected chi connectivity index (χ3v) is 4.47. The van der Waals surface area contributed by atoms with Crippen LogP contribution in [0.3, 0.4) is 0 Å². The van der Waals surface area contributed by atoms with E-state index < -0.39 is 11.4 Å².